The van der Waals surface area contributed by atoms with Crippen molar-refractivity contribution < 1.29 is 0 Å². The van der Waals surface area contributed by atoms with E-state index in [1.54, 1.807) is 6.20 Å². The lowest BCUT2D eigenvalue weighted by molar-refractivity contribution is 0.890. The summed E-state index contributed by atoms with van der Waals surface area (Å²) in [5.74, 6) is 0.968. The number of imidazole rings is 1. The molecule has 3 heteroatoms. The number of para-hydroxylation sites is 1. The summed E-state index contributed by atoms with van der Waals surface area (Å²) >= 11 is 0. The molecule has 0 amide bonds. The minimum absolute atomic E-state index is 0.968. The smallest absolute Gasteiger partial charge is 0.146 e. The number of nitrogens with zero attached hydrogens (tertiary/aromatic N) is 3. The van der Waals surface area contributed by atoms with Crippen molar-refractivity contribution in [1.82, 2.24) is 14.5 Å². The van der Waals surface area contributed by atoms with Crippen LogP contribution >= 0.6 is 0 Å². The first-order chi connectivity index (χ1) is 10.8. The highest BCUT2D eigenvalue weighted by Gasteiger charge is 2.20. The molecule has 0 radical (unpaired) electrons. The van der Waals surface area contributed by atoms with Gasteiger partial charge in [-0.2, -0.15) is 0 Å². The second-order valence-electron chi connectivity index (χ2n) is 5.67. The normalized spacial score (nSPS) is 13.6. The molecule has 0 bridgehead atoms. The minimum atomic E-state index is 0.968. The van der Waals surface area contributed by atoms with Crippen LogP contribution in [0.2, 0.25) is 0 Å². The van der Waals surface area contributed by atoms with Crippen LogP contribution in [0.4, 0.5) is 0 Å². The lowest BCUT2D eigenvalue weighted by Gasteiger charge is -2.14. The Hall–Kier alpha value is -2.68. The summed E-state index contributed by atoms with van der Waals surface area (Å²) < 4.78 is 2.25. The van der Waals surface area contributed by atoms with Crippen molar-refractivity contribution in [2.45, 2.75) is 19.8 Å². The van der Waals surface area contributed by atoms with Crippen LogP contribution < -0.4 is 0 Å². The fraction of sp³-hybridized carbons (Fsp3) is 0.158. The predicted molar refractivity (Wildman–Crippen MR) is 88.8 cm³/mol. The number of hydrogen-bond acceptors (Lipinski definition) is 2. The van der Waals surface area contributed by atoms with Gasteiger partial charge in [-0.25, -0.2) is 4.98 Å². The van der Waals surface area contributed by atoms with Crippen molar-refractivity contribution in [3.8, 4) is 17.1 Å². The van der Waals surface area contributed by atoms with Gasteiger partial charge < -0.3 is 0 Å². The molecule has 0 aliphatic heterocycles. The zero-order chi connectivity index (χ0) is 14.9. The maximum Gasteiger partial charge on any atom is 0.146 e. The maximum absolute atomic E-state index is 4.91. The zero-order valence-corrected chi connectivity index (χ0v) is 12.5. The standard InChI is InChI=1S/C19H17N3/c1-14-9-10-17-18(12-14)22(16-7-3-2-4-8-16)19(21-17)15-6-5-11-20-13-15/h2-8,11-13H,9-10H2,1H3. The number of pyridine rings is 1. The van der Waals surface area contributed by atoms with E-state index in [4.69, 9.17) is 4.98 Å². The second kappa shape index (κ2) is 5.26. The molecule has 4 rings (SSSR count). The van der Waals surface area contributed by atoms with Crippen molar-refractivity contribution in [1.29, 1.82) is 0 Å². The molecule has 22 heavy (non-hydrogen) atoms. The predicted octanol–water partition coefficient (Wildman–Crippen LogP) is 4.28. The third-order valence-corrected chi connectivity index (χ3v) is 4.06. The van der Waals surface area contributed by atoms with E-state index < -0.39 is 0 Å². The summed E-state index contributed by atoms with van der Waals surface area (Å²) in [6.45, 7) is 2.19. The lowest BCUT2D eigenvalue weighted by atomic mass is 10.0. The van der Waals surface area contributed by atoms with E-state index in [0.29, 0.717) is 0 Å². The fourth-order valence-electron chi connectivity index (χ4n) is 2.96. The molecule has 1 aliphatic rings. The second-order valence-corrected chi connectivity index (χ2v) is 5.67. The summed E-state index contributed by atoms with van der Waals surface area (Å²) in [6, 6.07) is 14.4. The molecule has 3 aromatic rings. The van der Waals surface area contributed by atoms with Crippen molar-refractivity contribution in [2.75, 3.05) is 0 Å². The molecule has 1 aliphatic carbocycles. The van der Waals surface area contributed by atoms with Gasteiger partial charge in [0.25, 0.3) is 0 Å². The maximum atomic E-state index is 4.91. The van der Waals surface area contributed by atoms with E-state index in [1.165, 1.54) is 17.0 Å². The molecule has 2 aromatic heterocycles. The van der Waals surface area contributed by atoms with Crippen LogP contribution in [-0.2, 0) is 6.42 Å². The highest BCUT2D eigenvalue weighted by Crippen LogP contribution is 2.31. The number of benzene rings is 1. The van der Waals surface area contributed by atoms with Crippen molar-refractivity contribution in [3.05, 3.63) is 71.8 Å². The molecule has 0 spiro atoms. The third kappa shape index (κ3) is 2.15. The Balaban J connectivity index is 2.00. The largest absolute Gasteiger partial charge is 0.293 e. The summed E-state index contributed by atoms with van der Waals surface area (Å²) in [4.78, 5) is 9.16. The van der Waals surface area contributed by atoms with Crippen LogP contribution in [0.15, 0.2) is 60.4 Å². The van der Waals surface area contributed by atoms with E-state index in [9.17, 15) is 0 Å². The van der Waals surface area contributed by atoms with Crippen molar-refractivity contribution in [2.24, 2.45) is 0 Å². The van der Waals surface area contributed by atoms with E-state index in [2.05, 4.69) is 52.9 Å². The number of hydrogen-bond donors (Lipinski definition) is 0. The van der Waals surface area contributed by atoms with Gasteiger partial charge in [0.05, 0.1) is 11.4 Å². The van der Waals surface area contributed by atoms with E-state index in [-0.39, 0.29) is 0 Å². The highest BCUT2D eigenvalue weighted by molar-refractivity contribution is 5.66. The molecular weight excluding hydrogens is 270 g/mol. The minimum Gasteiger partial charge on any atom is -0.293 e. The van der Waals surface area contributed by atoms with Crippen LogP contribution in [0, 0.1) is 0 Å². The third-order valence-electron chi connectivity index (χ3n) is 4.06. The molecule has 2 heterocycles. The van der Waals surface area contributed by atoms with Crippen molar-refractivity contribution in [3.63, 3.8) is 0 Å². The number of allylic oxidation sites excluding steroid dienone is 1. The monoisotopic (exact) mass is 287 g/mol. The Morgan fingerprint density at radius 3 is 2.64 bits per heavy atom. The molecule has 0 N–H and O–H groups in total. The molecule has 3 nitrogen and oxygen atoms in total. The van der Waals surface area contributed by atoms with Crippen molar-refractivity contribution >= 4 is 6.08 Å². The van der Waals surface area contributed by atoms with Crippen LogP contribution in [0.3, 0.4) is 0 Å². The van der Waals surface area contributed by atoms with Crippen LogP contribution in [-0.4, -0.2) is 14.5 Å². The first kappa shape index (κ1) is 13.0. The van der Waals surface area contributed by atoms with Gasteiger partial charge in [-0.05, 0) is 50.1 Å². The summed E-state index contributed by atoms with van der Waals surface area (Å²) in [6.07, 6.45) is 8.03. The fourth-order valence-corrected chi connectivity index (χ4v) is 2.96. The number of fused-ring (bicyclic) bond motifs is 1. The summed E-state index contributed by atoms with van der Waals surface area (Å²) in [5, 5.41) is 0. The average molecular weight is 287 g/mol. The van der Waals surface area contributed by atoms with E-state index in [0.717, 1.165) is 29.9 Å². The Kier molecular flexibility index (Phi) is 3.11. The molecular formula is C19H17N3. The van der Waals surface area contributed by atoms with Gasteiger partial charge in [0.15, 0.2) is 0 Å². The molecule has 108 valence electrons. The summed E-state index contributed by atoms with van der Waals surface area (Å²) in [5.41, 5.74) is 5.97. The zero-order valence-electron chi connectivity index (χ0n) is 12.5. The quantitative estimate of drug-likeness (QED) is 0.704. The lowest BCUT2D eigenvalue weighted by Crippen LogP contribution is -2.03. The van der Waals surface area contributed by atoms with Gasteiger partial charge in [-0.15, -0.1) is 0 Å². The molecule has 0 unspecified atom stereocenters. The van der Waals surface area contributed by atoms with Crippen LogP contribution in [0.5, 0.6) is 0 Å². The highest BCUT2D eigenvalue weighted by atomic mass is 15.1. The Bertz CT molecular complexity index is 830. The van der Waals surface area contributed by atoms with Gasteiger partial charge in [-0.1, -0.05) is 23.8 Å². The molecule has 0 fully saturated rings. The van der Waals surface area contributed by atoms with Gasteiger partial charge in [0, 0.05) is 23.6 Å². The number of rotatable bonds is 2. The first-order valence-corrected chi connectivity index (χ1v) is 7.57. The Labute approximate surface area is 130 Å². The first-order valence-electron chi connectivity index (χ1n) is 7.57. The van der Waals surface area contributed by atoms with Gasteiger partial charge in [0.1, 0.15) is 5.82 Å². The van der Waals surface area contributed by atoms with Gasteiger partial charge in [-0.3, -0.25) is 9.55 Å². The van der Waals surface area contributed by atoms with Crippen LogP contribution in [0.1, 0.15) is 24.7 Å². The van der Waals surface area contributed by atoms with Crippen LogP contribution in [0.25, 0.3) is 23.2 Å². The number of aromatic nitrogens is 3. The van der Waals surface area contributed by atoms with Gasteiger partial charge in [0.2, 0.25) is 0 Å². The Morgan fingerprint density at radius 1 is 1.00 bits per heavy atom. The van der Waals surface area contributed by atoms with Gasteiger partial charge >= 0.3 is 0 Å². The molecule has 1 aromatic carbocycles. The molecule has 0 atom stereocenters. The molecule has 0 saturated carbocycles. The summed E-state index contributed by atoms with van der Waals surface area (Å²) in [7, 11) is 0. The van der Waals surface area contributed by atoms with E-state index in [1.807, 2.05) is 18.3 Å². The molecule has 0 saturated heterocycles. The van der Waals surface area contributed by atoms with E-state index >= 15 is 0 Å². The Morgan fingerprint density at radius 2 is 1.86 bits per heavy atom. The SMILES string of the molecule is CC1=Cc2c(nc(-c3cccnc3)n2-c2ccccc2)CC1. The number of aryl methyl sites for hydroxylation is 1. The topological polar surface area (TPSA) is 30.7 Å². The average Bonchev–Trinajstić information content (AvgIpc) is 2.95.